The summed E-state index contributed by atoms with van der Waals surface area (Å²) >= 11 is 0. The van der Waals surface area contributed by atoms with E-state index in [0.29, 0.717) is 11.8 Å². The molecule has 96 valence electrons. The third-order valence-electron chi connectivity index (χ3n) is 3.70. The summed E-state index contributed by atoms with van der Waals surface area (Å²) in [5.74, 6) is 2.16. The van der Waals surface area contributed by atoms with E-state index >= 15 is 0 Å². The molecule has 2 aliphatic rings. The average Bonchev–Trinajstić information content (AvgIpc) is 2.74. The molecule has 1 N–H and O–H groups in total. The molecule has 0 saturated carbocycles. The van der Waals surface area contributed by atoms with Crippen LogP contribution in [0.5, 0.6) is 5.75 Å². The maximum Gasteiger partial charge on any atom is 0.119 e. The van der Waals surface area contributed by atoms with Crippen LogP contribution in [-0.4, -0.2) is 6.61 Å². The molecule has 3 rings (SSSR count). The molecule has 0 bridgehead atoms. The van der Waals surface area contributed by atoms with E-state index in [-0.39, 0.29) is 0 Å². The first kappa shape index (κ1) is 11.6. The van der Waals surface area contributed by atoms with Crippen molar-refractivity contribution in [3.8, 4) is 5.75 Å². The van der Waals surface area contributed by atoms with E-state index in [4.69, 9.17) is 4.74 Å². The molecule has 1 unspecified atom stereocenters. The van der Waals surface area contributed by atoms with Crippen LogP contribution in [0.1, 0.15) is 44.6 Å². The first-order valence-electron chi connectivity index (χ1n) is 6.98. The molecule has 1 atom stereocenters. The lowest BCUT2D eigenvalue weighted by molar-refractivity contribution is 0.271. The molecule has 2 nitrogen and oxygen atoms in total. The molecule has 1 aliphatic heterocycles. The number of ether oxygens (including phenoxy) is 1. The fourth-order valence-corrected chi connectivity index (χ4v) is 2.79. The van der Waals surface area contributed by atoms with Gasteiger partial charge in [-0.3, -0.25) is 0 Å². The molecule has 0 fully saturated rings. The topological polar surface area (TPSA) is 21.3 Å². The second-order valence-electron chi connectivity index (χ2n) is 5.72. The summed E-state index contributed by atoms with van der Waals surface area (Å²) in [6, 6.07) is 6.46. The van der Waals surface area contributed by atoms with Gasteiger partial charge in [-0.2, -0.15) is 0 Å². The third kappa shape index (κ3) is 2.12. The van der Waals surface area contributed by atoms with Crippen LogP contribution in [0.4, 0.5) is 5.69 Å². The Kier molecular flexibility index (Phi) is 3.02. The highest BCUT2D eigenvalue weighted by Gasteiger charge is 2.28. The molecule has 0 amide bonds. The summed E-state index contributed by atoms with van der Waals surface area (Å²) in [5, 5.41) is 3.53. The zero-order valence-electron chi connectivity index (χ0n) is 11.2. The molecule has 1 heterocycles. The van der Waals surface area contributed by atoms with Crippen molar-refractivity contribution >= 4 is 5.69 Å². The molecule has 0 aromatic heterocycles. The van der Waals surface area contributed by atoms with Gasteiger partial charge in [0, 0.05) is 17.3 Å². The fourth-order valence-electron chi connectivity index (χ4n) is 2.79. The van der Waals surface area contributed by atoms with Crippen molar-refractivity contribution < 1.29 is 4.74 Å². The number of benzene rings is 1. The first-order chi connectivity index (χ1) is 8.74. The largest absolute Gasteiger partial charge is 0.493 e. The summed E-state index contributed by atoms with van der Waals surface area (Å²) in [5.41, 5.74) is 4.09. The Morgan fingerprint density at radius 1 is 1.39 bits per heavy atom. The predicted molar refractivity (Wildman–Crippen MR) is 75.1 cm³/mol. The molecule has 18 heavy (non-hydrogen) atoms. The minimum absolute atomic E-state index is 0.571. The standard InChI is InChI=1S/C16H21NO/c1-11(2)10-18-12-7-8-16-14(9-12)13-5-3-4-6-15(13)17-16/h6-9,11,13,17H,3-5,10H2,1-2H3. The summed E-state index contributed by atoms with van der Waals surface area (Å²) in [6.07, 6.45) is 6.12. The van der Waals surface area contributed by atoms with Crippen molar-refractivity contribution in [1.29, 1.82) is 0 Å². The van der Waals surface area contributed by atoms with Gasteiger partial charge in [0.1, 0.15) is 5.75 Å². The van der Waals surface area contributed by atoms with Gasteiger partial charge in [0.2, 0.25) is 0 Å². The average molecular weight is 243 g/mol. The van der Waals surface area contributed by atoms with Crippen LogP contribution < -0.4 is 10.1 Å². The number of hydrogen-bond acceptors (Lipinski definition) is 2. The monoisotopic (exact) mass is 243 g/mol. The third-order valence-corrected chi connectivity index (χ3v) is 3.70. The first-order valence-corrected chi connectivity index (χ1v) is 6.98. The van der Waals surface area contributed by atoms with Gasteiger partial charge in [0.05, 0.1) is 6.61 Å². The Morgan fingerprint density at radius 3 is 3.11 bits per heavy atom. The van der Waals surface area contributed by atoms with E-state index < -0.39 is 0 Å². The van der Waals surface area contributed by atoms with Crippen molar-refractivity contribution in [2.75, 3.05) is 11.9 Å². The van der Waals surface area contributed by atoms with E-state index in [1.54, 1.807) is 0 Å². The molecule has 1 aromatic rings. The second kappa shape index (κ2) is 4.68. The Bertz CT molecular complexity index is 476. The van der Waals surface area contributed by atoms with Crippen LogP contribution in [0, 0.1) is 5.92 Å². The Labute approximate surface area is 109 Å². The van der Waals surface area contributed by atoms with Crippen molar-refractivity contribution in [3.63, 3.8) is 0 Å². The normalized spacial score (nSPS) is 21.1. The molecular weight excluding hydrogens is 222 g/mol. The minimum Gasteiger partial charge on any atom is -0.493 e. The van der Waals surface area contributed by atoms with Gasteiger partial charge in [0.25, 0.3) is 0 Å². The zero-order valence-corrected chi connectivity index (χ0v) is 11.2. The Morgan fingerprint density at radius 2 is 2.28 bits per heavy atom. The summed E-state index contributed by atoms with van der Waals surface area (Å²) in [6.45, 7) is 5.15. The highest BCUT2D eigenvalue weighted by Crippen LogP contribution is 2.45. The van der Waals surface area contributed by atoms with E-state index in [9.17, 15) is 0 Å². The van der Waals surface area contributed by atoms with Gasteiger partial charge in [-0.1, -0.05) is 19.9 Å². The second-order valence-corrected chi connectivity index (χ2v) is 5.72. The van der Waals surface area contributed by atoms with Crippen molar-refractivity contribution in [2.24, 2.45) is 5.92 Å². The SMILES string of the molecule is CC(C)COc1ccc2c(c1)C1CCCC=C1N2. The number of anilines is 1. The number of allylic oxidation sites excluding steroid dienone is 2. The number of nitrogens with one attached hydrogen (secondary N) is 1. The molecule has 1 aromatic carbocycles. The van der Waals surface area contributed by atoms with Gasteiger partial charge in [-0.25, -0.2) is 0 Å². The maximum absolute atomic E-state index is 5.83. The van der Waals surface area contributed by atoms with Crippen LogP contribution in [0.3, 0.4) is 0 Å². The number of rotatable bonds is 3. The molecule has 0 radical (unpaired) electrons. The van der Waals surface area contributed by atoms with Crippen LogP contribution in [0.25, 0.3) is 0 Å². The van der Waals surface area contributed by atoms with Gasteiger partial charge >= 0.3 is 0 Å². The molecule has 0 spiro atoms. The predicted octanol–water partition coefficient (Wildman–Crippen LogP) is 4.30. The number of hydrogen-bond donors (Lipinski definition) is 1. The lowest BCUT2D eigenvalue weighted by Gasteiger charge is -2.17. The minimum atomic E-state index is 0.571. The van der Waals surface area contributed by atoms with Crippen molar-refractivity contribution in [2.45, 2.75) is 39.0 Å². The summed E-state index contributed by atoms with van der Waals surface area (Å²) < 4.78 is 5.83. The quantitative estimate of drug-likeness (QED) is 0.854. The molecular formula is C16H21NO. The Balaban J connectivity index is 1.83. The number of fused-ring (bicyclic) bond motifs is 3. The van der Waals surface area contributed by atoms with Gasteiger partial charge in [-0.15, -0.1) is 0 Å². The molecule has 1 aliphatic carbocycles. The maximum atomic E-state index is 5.83. The van der Waals surface area contributed by atoms with E-state index in [1.165, 1.54) is 36.2 Å². The molecule has 2 heteroatoms. The lowest BCUT2D eigenvalue weighted by atomic mass is 9.89. The lowest BCUT2D eigenvalue weighted by Crippen LogP contribution is -2.05. The summed E-state index contributed by atoms with van der Waals surface area (Å²) in [7, 11) is 0. The highest BCUT2D eigenvalue weighted by atomic mass is 16.5. The van der Waals surface area contributed by atoms with Crippen LogP contribution in [0.2, 0.25) is 0 Å². The van der Waals surface area contributed by atoms with E-state index in [1.807, 2.05) is 0 Å². The summed E-state index contributed by atoms with van der Waals surface area (Å²) in [4.78, 5) is 0. The fraction of sp³-hybridized carbons (Fsp3) is 0.500. The van der Waals surface area contributed by atoms with Crippen LogP contribution in [-0.2, 0) is 0 Å². The van der Waals surface area contributed by atoms with E-state index in [0.717, 1.165) is 12.4 Å². The molecule has 0 saturated heterocycles. The van der Waals surface area contributed by atoms with Crippen molar-refractivity contribution in [3.05, 3.63) is 35.5 Å². The van der Waals surface area contributed by atoms with Gasteiger partial charge in [-0.05, 0) is 48.9 Å². The van der Waals surface area contributed by atoms with Gasteiger partial charge in [0.15, 0.2) is 0 Å². The van der Waals surface area contributed by atoms with Crippen molar-refractivity contribution in [1.82, 2.24) is 0 Å². The van der Waals surface area contributed by atoms with Crippen LogP contribution in [0.15, 0.2) is 30.0 Å². The smallest absolute Gasteiger partial charge is 0.119 e. The highest BCUT2D eigenvalue weighted by molar-refractivity contribution is 5.67. The van der Waals surface area contributed by atoms with E-state index in [2.05, 4.69) is 43.4 Å². The van der Waals surface area contributed by atoms with Crippen LogP contribution >= 0.6 is 0 Å². The van der Waals surface area contributed by atoms with Gasteiger partial charge < -0.3 is 10.1 Å². The zero-order chi connectivity index (χ0) is 12.5. The Hall–Kier alpha value is -1.44.